The molecular weight excluding hydrogens is 218 g/mol. The van der Waals surface area contributed by atoms with E-state index in [2.05, 4.69) is 25.8 Å². The first kappa shape index (κ1) is 10.2. The number of hydrogen-bond donors (Lipinski definition) is 2. The molecule has 0 atom stereocenters. The van der Waals surface area contributed by atoms with Gasteiger partial charge >= 0.3 is 6.01 Å². The normalized spacial score (nSPS) is 14.8. The van der Waals surface area contributed by atoms with Gasteiger partial charge in [-0.15, -0.1) is 5.10 Å². The molecule has 1 aliphatic carbocycles. The molecule has 6 nitrogen and oxygen atoms in total. The van der Waals surface area contributed by atoms with Gasteiger partial charge in [0.2, 0.25) is 5.89 Å². The van der Waals surface area contributed by atoms with E-state index in [9.17, 15) is 0 Å². The molecule has 1 saturated carbocycles. The highest BCUT2D eigenvalue weighted by Crippen LogP contribution is 2.19. The van der Waals surface area contributed by atoms with Gasteiger partial charge in [0, 0.05) is 12.2 Å². The highest BCUT2D eigenvalue weighted by Gasteiger charge is 2.21. The molecule has 0 aliphatic heterocycles. The first-order valence-electron chi connectivity index (χ1n) is 5.64. The summed E-state index contributed by atoms with van der Waals surface area (Å²) < 4.78 is 5.43. The van der Waals surface area contributed by atoms with Crippen molar-refractivity contribution >= 4 is 11.8 Å². The highest BCUT2D eigenvalue weighted by molar-refractivity contribution is 5.44. The summed E-state index contributed by atoms with van der Waals surface area (Å²) in [5.74, 6) is 1.29. The molecular formula is C11H13N5O. The van der Waals surface area contributed by atoms with Crippen LogP contribution in [0.25, 0.3) is 0 Å². The summed E-state index contributed by atoms with van der Waals surface area (Å²) in [4.78, 5) is 4.11. The van der Waals surface area contributed by atoms with E-state index in [1.54, 1.807) is 6.20 Å². The molecule has 0 aromatic carbocycles. The average Bonchev–Trinajstić information content (AvgIpc) is 3.09. The van der Waals surface area contributed by atoms with E-state index in [1.165, 1.54) is 12.8 Å². The molecule has 0 bridgehead atoms. The zero-order chi connectivity index (χ0) is 11.5. The van der Waals surface area contributed by atoms with E-state index in [0.717, 1.165) is 0 Å². The molecule has 0 spiro atoms. The van der Waals surface area contributed by atoms with Crippen LogP contribution < -0.4 is 10.6 Å². The van der Waals surface area contributed by atoms with Crippen LogP contribution in [0, 0.1) is 0 Å². The zero-order valence-electron chi connectivity index (χ0n) is 9.26. The molecule has 88 valence electrons. The maximum Gasteiger partial charge on any atom is 0.321 e. The van der Waals surface area contributed by atoms with Crippen molar-refractivity contribution in [2.24, 2.45) is 0 Å². The minimum absolute atomic E-state index is 0.372. The Bertz CT molecular complexity index is 480. The largest absolute Gasteiger partial charge is 0.406 e. The summed E-state index contributed by atoms with van der Waals surface area (Å²) in [5, 5.41) is 14.1. The van der Waals surface area contributed by atoms with Gasteiger partial charge in [0.1, 0.15) is 5.82 Å². The predicted molar refractivity (Wildman–Crippen MR) is 61.7 cm³/mol. The quantitative estimate of drug-likeness (QED) is 0.811. The lowest BCUT2D eigenvalue weighted by Crippen LogP contribution is -2.15. The molecule has 0 radical (unpaired) electrons. The molecule has 17 heavy (non-hydrogen) atoms. The molecule has 0 amide bonds. The minimum atomic E-state index is 0.372. The van der Waals surface area contributed by atoms with Crippen LogP contribution in [0.1, 0.15) is 18.7 Å². The Morgan fingerprint density at radius 2 is 2.24 bits per heavy atom. The summed E-state index contributed by atoms with van der Waals surface area (Å²) in [6, 6.07) is 6.59. The van der Waals surface area contributed by atoms with Crippen LogP contribution in [0.3, 0.4) is 0 Å². The smallest absolute Gasteiger partial charge is 0.321 e. The third-order valence-corrected chi connectivity index (χ3v) is 2.49. The van der Waals surface area contributed by atoms with Crippen molar-refractivity contribution in [1.29, 1.82) is 0 Å². The zero-order valence-corrected chi connectivity index (χ0v) is 9.26. The third kappa shape index (κ3) is 2.79. The lowest BCUT2D eigenvalue weighted by Gasteiger charge is -1.98. The second-order valence-corrected chi connectivity index (χ2v) is 4.00. The van der Waals surface area contributed by atoms with Crippen LogP contribution in [0.5, 0.6) is 0 Å². The van der Waals surface area contributed by atoms with Crippen LogP contribution in [-0.2, 0) is 6.54 Å². The van der Waals surface area contributed by atoms with Crippen LogP contribution in [0.4, 0.5) is 11.8 Å². The number of nitrogens with zero attached hydrogens (tertiary/aromatic N) is 3. The van der Waals surface area contributed by atoms with Crippen molar-refractivity contribution in [3.8, 4) is 0 Å². The summed E-state index contributed by atoms with van der Waals surface area (Å²) >= 11 is 0. The van der Waals surface area contributed by atoms with Gasteiger partial charge in [-0.25, -0.2) is 4.98 Å². The van der Waals surface area contributed by atoms with Crippen molar-refractivity contribution in [3.63, 3.8) is 0 Å². The molecule has 2 heterocycles. The Hall–Kier alpha value is -1.95. The Kier molecular flexibility index (Phi) is 2.71. The second-order valence-electron chi connectivity index (χ2n) is 4.00. The van der Waals surface area contributed by atoms with Crippen LogP contribution in [0.2, 0.25) is 0 Å². The Labute approximate surface area is 98.5 Å². The van der Waals surface area contributed by atoms with Gasteiger partial charge in [-0.05, 0) is 25.0 Å². The molecule has 0 saturated heterocycles. The summed E-state index contributed by atoms with van der Waals surface area (Å²) in [5.41, 5.74) is 0. The Balaban J connectivity index is 1.59. The van der Waals surface area contributed by atoms with E-state index in [-0.39, 0.29) is 0 Å². The van der Waals surface area contributed by atoms with Gasteiger partial charge in [0.15, 0.2) is 0 Å². The SMILES string of the molecule is c1ccc(Nc2nnc(CNC3CC3)o2)nc1. The van der Waals surface area contributed by atoms with E-state index >= 15 is 0 Å². The van der Waals surface area contributed by atoms with Gasteiger partial charge < -0.3 is 9.73 Å². The van der Waals surface area contributed by atoms with E-state index < -0.39 is 0 Å². The molecule has 2 aromatic rings. The molecule has 3 rings (SSSR count). The van der Waals surface area contributed by atoms with Crippen LogP contribution in [0.15, 0.2) is 28.8 Å². The maximum atomic E-state index is 5.43. The summed E-state index contributed by atoms with van der Waals surface area (Å²) in [6.45, 7) is 0.627. The third-order valence-electron chi connectivity index (χ3n) is 2.49. The second kappa shape index (κ2) is 4.50. The number of aromatic nitrogens is 3. The fourth-order valence-corrected chi connectivity index (χ4v) is 1.44. The first-order valence-corrected chi connectivity index (χ1v) is 5.64. The van der Waals surface area contributed by atoms with Gasteiger partial charge in [-0.1, -0.05) is 11.2 Å². The van der Waals surface area contributed by atoms with Crippen LogP contribution >= 0.6 is 0 Å². The number of hydrogen-bond acceptors (Lipinski definition) is 6. The number of rotatable bonds is 5. The molecule has 0 unspecified atom stereocenters. The van der Waals surface area contributed by atoms with Gasteiger partial charge in [-0.3, -0.25) is 5.32 Å². The first-order chi connectivity index (χ1) is 8.40. The van der Waals surface area contributed by atoms with Crippen molar-refractivity contribution in [3.05, 3.63) is 30.3 Å². The summed E-state index contributed by atoms with van der Waals surface area (Å²) in [7, 11) is 0. The number of anilines is 2. The average molecular weight is 231 g/mol. The van der Waals surface area contributed by atoms with Crippen molar-refractivity contribution in [1.82, 2.24) is 20.5 Å². The van der Waals surface area contributed by atoms with Crippen molar-refractivity contribution in [2.45, 2.75) is 25.4 Å². The van der Waals surface area contributed by atoms with Crippen molar-refractivity contribution in [2.75, 3.05) is 5.32 Å². The van der Waals surface area contributed by atoms with Gasteiger partial charge in [0.25, 0.3) is 0 Å². The molecule has 2 aromatic heterocycles. The Morgan fingerprint density at radius 1 is 1.29 bits per heavy atom. The lowest BCUT2D eigenvalue weighted by molar-refractivity contribution is 0.478. The lowest BCUT2D eigenvalue weighted by atomic mass is 10.5. The van der Waals surface area contributed by atoms with E-state index in [4.69, 9.17) is 4.42 Å². The molecule has 2 N–H and O–H groups in total. The maximum absolute atomic E-state index is 5.43. The number of pyridine rings is 1. The monoisotopic (exact) mass is 231 g/mol. The van der Waals surface area contributed by atoms with Gasteiger partial charge in [-0.2, -0.15) is 0 Å². The summed E-state index contributed by atoms with van der Waals surface area (Å²) in [6.07, 6.45) is 4.19. The fourth-order valence-electron chi connectivity index (χ4n) is 1.44. The van der Waals surface area contributed by atoms with E-state index in [1.807, 2.05) is 18.2 Å². The highest BCUT2D eigenvalue weighted by atomic mass is 16.4. The molecule has 1 aliphatic rings. The minimum Gasteiger partial charge on any atom is -0.406 e. The molecule has 6 heteroatoms. The fraction of sp³-hybridized carbons (Fsp3) is 0.364. The molecule has 1 fully saturated rings. The standard InChI is InChI=1S/C11H13N5O/c1-2-6-12-9(3-1)14-11-16-15-10(17-11)7-13-8-4-5-8/h1-3,6,8,13H,4-5,7H2,(H,12,14,16). The van der Waals surface area contributed by atoms with Crippen LogP contribution in [-0.4, -0.2) is 21.2 Å². The number of nitrogens with one attached hydrogen (secondary N) is 2. The predicted octanol–water partition coefficient (Wildman–Crippen LogP) is 1.46. The van der Waals surface area contributed by atoms with E-state index in [0.29, 0.717) is 30.3 Å². The Morgan fingerprint density at radius 3 is 3.00 bits per heavy atom. The van der Waals surface area contributed by atoms with Crippen molar-refractivity contribution < 1.29 is 4.42 Å². The topological polar surface area (TPSA) is 75.9 Å². The van der Waals surface area contributed by atoms with Gasteiger partial charge in [0.05, 0.1) is 6.54 Å².